The van der Waals surface area contributed by atoms with Crippen LogP contribution in [0.2, 0.25) is 0 Å². The summed E-state index contributed by atoms with van der Waals surface area (Å²) in [5.41, 5.74) is 0.378. The average Bonchev–Trinajstić information content (AvgIpc) is 2.77. The van der Waals surface area contributed by atoms with Crippen LogP contribution in [0.3, 0.4) is 0 Å². The van der Waals surface area contributed by atoms with Crippen LogP contribution in [0.25, 0.3) is 0 Å². The Morgan fingerprint density at radius 1 is 1.15 bits per heavy atom. The Morgan fingerprint density at radius 3 is 2.40 bits per heavy atom. The van der Waals surface area contributed by atoms with E-state index in [1.54, 1.807) is 0 Å². The predicted octanol–water partition coefficient (Wildman–Crippen LogP) is 4.60. The molecule has 0 aromatic rings. The Morgan fingerprint density at radius 2 is 1.85 bits per heavy atom. The van der Waals surface area contributed by atoms with Crippen molar-refractivity contribution in [2.75, 3.05) is 0 Å². The fraction of sp³-hybridized carbons (Fsp3) is 0.944. The van der Waals surface area contributed by atoms with Gasteiger partial charge in [-0.15, -0.1) is 0 Å². The Balaban J connectivity index is 2.19. The Bertz CT molecular complexity index is 363. The first-order chi connectivity index (χ1) is 9.38. The predicted molar refractivity (Wildman–Crippen MR) is 84.3 cm³/mol. The van der Waals surface area contributed by atoms with Crippen LogP contribution in [-0.2, 0) is 0 Å². The van der Waals surface area contributed by atoms with Crippen molar-refractivity contribution in [1.29, 1.82) is 5.26 Å². The maximum absolute atomic E-state index is 9.58. The minimum Gasteiger partial charge on any atom is -0.293 e. The van der Waals surface area contributed by atoms with Crippen molar-refractivity contribution >= 4 is 0 Å². The summed E-state index contributed by atoms with van der Waals surface area (Å²) in [4.78, 5) is 2.73. The third-order valence-corrected chi connectivity index (χ3v) is 5.91. The number of hydrogen-bond donors (Lipinski definition) is 0. The molecular formula is C18H32N2. The molecule has 1 heterocycles. The van der Waals surface area contributed by atoms with Crippen molar-refractivity contribution in [2.24, 2.45) is 17.3 Å². The molecule has 0 amide bonds. The van der Waals surface area contributed by atoms with Gasteiger partial charge in [-0.2, -0.15) is 5.26 Å². The SMILES string of the molecule is CCC1CCC(C)N1C1CC(C(C)(C)C)CCC1C#N. The van der Waals surface area contributed by atoms with Crippen LogP contribution >= 0.6 is 0 Å². The van der Waals surface area contributed by atoms with Crippen molar-refractivity contribution < 1.29 is 0 Å². The van der Waals surface area contributed by atoms with E-state index in [1.165, 1.54) is 32.1 Å². The average molecular weight is 276 g/mol. The highest BCUT2D eigenvalue weighted by Crippen LogP contribution is 2.44. The molecule has 1 aliphatic carbocycles. The fourth-order valence-corrected chi connectivity index (χ4v) is 4.52. The molecule has 0 radical (unpaired) electrons. The summed E-state index contributed by atoms with van der Waals surface area (Å²) >= 11 is 0. The topological polar surface area (TPSA) is 27.0 Å². The van der Waals surface area contributed by atoms with Crippen LogP contribution in [0.5, 0.6) is 0 Å². The molecule has 0 aromatic carbocycles. The molecule has 20 heavy (non-hydrogen) atoms. The Kier molecular flexibility index (Phi) is 4.80. The maximum Gasteiger partial charge on any atom is 0.0672 e. The molecule has 1 saturated heterocycles. The first-order valence-electron chi connectivity index (χ1n) is 8.55. The molecule has 114 valence electrons. The molecular weight excluding hydrogens is 244 g/mol. The van der Waals surface area contributed by atoms with E-state index in [1.807, 2.05) is 0 Å². The van der Waals surface area contributed by atoms with Crippen molar-refractivity contribution in [3.05, 3.63) is 0 Å². The van der Waals surface area contributed by atoms with Crippen molar-refractivity contribution in [1.82, 2.24) is 4.90 Å². The van der Waals surface area contributed by atoms with Crippen molar-refractivity contribution in [3.63, 3.8) is 0 Å². The molecule has 1 saturated carbocycles. The molecule has 2 heteroatoms. The molecule has 1 aliphatic heterocycles. The molecule has 0 N–H and O–H groups in total. The lowest BCUT2D eigenvalue weighted by Gasteiger charge is -2.46. The largest absolute Gasteiger partial charge is 0.293 e. The van der Waals surface area contributed by atoms with Gasteiger partial charge in [0.2, 0.25) is 0 Å². The second kappa shape index (κ2) is 6.06. The highest BCUT2D eigenvalue weighted by molar-refractivity contribution is 5.03. The van der Waals surface area contributed by atoms with Gasteiger partial charge in [-0.05, 0) is 56.8 Å². The van der Waals surface area contributed by atoms with E-state index >= 15 is 0 Å². The van der Waals surface area contributed by atoms with Gasteiger partial charge in [-0.1, -0.05) is 27.7 Å². The van der Waals surface area contributed by atoms with Crippen LogP contribution in [0.4, 0.5) is 0 Å². The molecule has 5 unspecified atom stereocenters. The zero-order valence-electron chi connectivity index (χ0n) is 14.0. The van der Waals surface area contributed by atoms with E-state index in [2.05, 4.69) is 45.6 Å². The van der Waals surface area contributed by atoms with Gasteiger partial charge in [-0.25, -0.2) is 0 Å². The van der Waals surface area contributed by atoms with Gasteiger partial charge in [0.05, 0.1) is 12.0 Å². The molecule has 2 nitrogen and oxygen atoms in total. The highest BCUT2D eigenvalue weighted by Gasteiger charge is 2.43. The molecule has 5 atom stereocenters. The normalized spacial score (nSPS) is 39.7. The van der Waals surface area contributed by atoms with E-state index in [-0.39, 0.29) is 5.92 Å². The monoisotopic (exact) mass is 276 g/mol. The lowest BCUT2D eigenvalue weighted by Crippen LogP contribution is -2.50. The third kappa shape index (κ3) is 3.03. The lowest BCUT2D eigenvalue weighted by molar-refractivity contribution is 0.0326. The maximum atomic E-state index is 9.58. The molecule has 2 aliphatic rings. The van der Waals surface area contributed by atoms with E-state index in [0.717, 1.165) is 12.3 Å². The van der Waals surface area contributed by atoms with Crippen LogP contribution < -0.4 is 0 Å². The Hall–Kier alpha value is -0.550. The van der Waals surface area contributed by atoms with Gasteiger partial charge >= 0.3 is 0 Å². The fourth-order valence-electron chi connectivity index (χ4n) is 4.52. The summed E-state index contributed by atoms with van der Waals surface area (Å²) in [5.74, 6) is 1.02. The molecule has 0 aromatic heterocycles. The summed E-state index contributed by atoms with van der Waals surface area (Å²) in [7, 11) is 0. The summed E-state index contributed by atoms with van der Waals surface area (Å²) in [6.45, 7) is 11.8. The van der Waals surface area contributed by atoms with Gasteiger partial charge in [-0.3, -0.25) is 4.90 Å². The minimum absolute atomic E-state index is 0.253. The van der Waals surface area contributed by atoms with E-state index < -0.39 is 0 Å². The van der Waals surface area contributed by atoms with E-state index in [0.29, 0.717) is 23.5 Å². The van der Waals surface area contributed by atoms with E-state index in [9.17, 15) is 5.26 Å². The van der Waals surface area contributed by atoms with Gasteiger partial charge in [0.1, 0.15) is 0 Å². The van der Waals surface area contributed by atoms with Crippen LogP contribution in [-0.4, -0.2) is 23.0 Å². The number of nitrogens with zero attached hydrogens (tertiary/aromatic N) is 2. The van der Waals surface area contributed by atoms with Crippen molar-refractivity contribution in [2.45, 2.75) is 91.3 Å². The summed E-state index contributed by atoms with van der Waals surface area (Å²) in [6.07, 6.45) is 7.43. The quantitative estimate of drug-likeness (QED) is 0.736. The smallest absolute Gasteiger partial charge is 0.0672 e. The summed E-state index contributed by atoms with van der Waals surface area (Å²) < 4.78 is 0. The zero-order chi connectivity index (χ0) is 14.9. The number of likely N-dealkylation sites (tertiary alicyclic amines) is 1. The number of nitriles is 1. The van der Waals surface area contributed by atoms with Crippen LogP contribution in [0.15, 0.2) is 0 Å². The molecule has 2 fully saturated rings. The second-order valence-corrected chi connectivity index (χ2v) is 8.11. The first-order valence-corrected chi connectivity index (χ1v) is 8.55. The minimum atomic E-state index is 0.253. The first kappa shape index (κ1) is 15.8. The molecule has 0 bridgehead atoms. The second-order valence-electron chi connectivity index (χ2n) is 8.11. The van der Waals surface area contributed by atoms with Crippen LogP contribution in [0, 0.1) is 28.6 Å². The van der Waals surface area contributed by atoms with Gasteiger partial charge in [0.15, 0.2) is 0 Å². The summed E-state index contributed by atoms with van der Waals surface area (Å²) in [5, 5.41) is 9.58. The molecule has 2 rings (SSSR count). The summed E-state index contributed by atoms with van der Waals surface area (Å²) in [6, 6.07) is 4.51. The standard InChI is InChI=1S/C18H32N2/c1-6-16-10-7-13(2)20(16)17-11-15(18(3,4)5)9-8-14(17)12-19/h13-17H,6-11H2,1-5H3. The van der Waals surface area contributed by atoms with Gasteiger partial charge in [0, 0.05) is 18.1 Å². The molecule has 0 spiro atoms. The van der Waals surface area contributed by atoms with Crippen LogP contribution in [0.1, 0.15) is 73.1 Å². The van der Waals surface area contributed by atoms with E-state index in [4.69, 9.17) is 0 Å². The lowest BCUT2D eigenvalue weighted by atomic mass is 9.67. The van der Waals surface area contributed by atoms with Gasteiger partial charge in [0.25, 0.3) is 0 Å². The zero-order valence-corrected chi connectivity index (χ0v) is 14.0. The van der Waals surface area contributed by atoms with Crippen molar-refractivity contribution in [3.8, 4) is 6.07 Å². The third-order valence-electron chi connectivity index (χ3n) is 5.91. The van der Waals surface area contributed by atoms with Gasteiger partial charge < -0.3 is 0 Å². The number of rotatable bonds is 2. The highest BCUT2D eigenvalue weighted by atomic mass is 15.2. The Labute approximate surface area is 125 Å². The number of hydrogen-bond acceptors (Lipinski definition) is 2.